The molecular weight excluding hydrogens is 406 g/mol. The Kier molecular flexibility index (Phi) is 12.4. The van der Waals surface area contributed by atoms with Crippen LogP contribution < -0.4 is 22.1 Å². The van der Waals surface area contributed by atoms with Crippen molar-refractivity contribution in [1.29, 1.82) is 0 Å². The van der Waals surface area contributed by atoms with Crippen molar-refractivity contribution < 1.29 is 34.2 Å². The van der Waals surface area contributed by atoms with E-state index in [1.165, 1.54) is 6.20 Å². The molecule has 0 bridgehead atoms. The van der Waals surface area contributed by atoms with Crippen molar-refractivity contribution >= 4 is 42.3 Å². The third kappa shape index (κ3) is 12.0. The van der Waals surface area contributed by atoms with Gasteiger partial charge in [-0.25, -0.2) is 0 Å². The summed E-state index contributed by atoms with van der Waals surface area (Å²) in [6.07, 6.45) is 2.79. The zero-order valence-electron chi connectivity index (χ0n) is 15.3. The van der Waals surface area contributed by atoms with Gasteiger partial charge in [-0.3, -0.25) is 29.0 Å². The van der Waals surface area contributed by atoms with Crippen molar-refractivity contribution in [3.05, 3.63) is 30.1 Å². The highest BCUT2D eigenvalue weighted by molar-refractivity contribution is 7.80. The molecule has 0 aliphatic rings. The first-order chi connectivity index (χ1) is 13.6. The van der Waals surface area contributed by atoms with Crippen LogP contribution in [0.3, 0.4) is 0 Å². The Hall–Kier alpha value is -3.19. The number of nitrogens with two attached hydrogens (primary N) is 2. The Balaban J connectivity index is 0.000000717. The van der Waals surface area contributed by atoms with E-state index in [1.54, 1.807) is 18.3 Å². The second-order valence-electron chi connectivity index (χ2n) is 5.50. The van der Waals surface area contributed by atoms with Crippen molar-refractivity contribution in [2.24, 2.45) is 11.5 Å². The fourth-order valence-corrected chi connectivity index (χ4v) is 1.92. The summed E-state index contributed by atoms with van der Waals surface area (Å²) in [6.45, 7) is -0.567. The predicted octanol–water partition coefficient (Wildman–Crippen LogP) is -2.03. The number of thiol groups is 1. The summed E-state index contributed by atoms with van der Waals surface area (Å²) in [5, 5.41) is 21.4. The highest BCUT2D eigenvalue weighted by Crippen LogP contribution is 1.97. The van der Waals surface area contributed by atoms with Gasteiger partial charge >= 0.3 is 11.9 Å². The zero-order valence-corrected chi connectivity index (χ0v) is 16.2. The SMILES string of the molecule is NC(=O)c1cccnc1.N[C@@H](CCC(=O)N[C@@H](CS)C(=O)NCC(=O)O)C(=O)O. The number of aliphatic carboxylic acids is 2. The maximum Gasteiger partial charge on any atom is 0.322 e. The van der Waals surface area contributed by atoms with Crippen LogP contribution in [0.15, 0.2) is 24.5 Å². The normalized spacial score (nSPS) is 11.8. The number of carbonyl (C=O) groups is 5. The van der Waals surface area contributed by atoms with Crippen molar-refractivity contribution in [2.45, 2.75) is 24.9 Å². The largest absolute Gasteiger partial charge is 0.480 e. The quantitative estimate of drug-likeness (QED) is 0.204. The summed E-state index contributed by atoms with van der Waals surface area (Å²) >= 11 is 3.87. The topological polar surface area (TPSA) is 215 Å². The van der Waals surface area contributed by atoms with Crippen LogP contribution in [0, 0.1) is 0 Å². The van der Waals surface area contributed by atoms with Crippen LogP contribution in [-0.2, 0) is 19.2 Å². The molecule has 0 fully saturated rings. The number of amides is 3. The smallest absolute Gasteiger partial charge is 0.322 e. The van der Waals surface area contributed by atoms with Gasteiger partial charge < -0.3 is 32.3 Å². The van der Waals surface area contributed by atoms with Crippen LogP contribution >= 0.6 is 12.6 Å². The molecule has 0 saturated heterocycles. The van der Waals surface area contributed by atoms with Crippen LogP contribution in [0.5, 0.6) is 0 Å². The van der Waals surface area contributed by atoms with Crippen LogP contribution in [0.1, 0.15) is 23.2 Å². The molecule has 8 N–H and O–H groups in total. The molecule has 0 aliphatic carbocycles. The third-order valence-corrected chi connectivity index (χ3v) is 3.56. The average Bonchev–Trinajstić information content (AvgIpc) is 2.69. The van der Waals surface area contributed by atoms with Crippen LogP contribution in [0.25, 0.3) is 0 Å². The minimum atomic E-state index is -1.22. The van der Waals surface area contributed by atoms with Crippen LogP contribution in [0.4, 0.5) is 0 Å². The summed E-state index contributed by atoms with van der Waals surface area (Å²) in [7, 11) is 0. The lowest BCUT2D eigenvalue weighted by Gasteiger charge is -2.16. The predicted molar refractivity (Wildman–Crippen MR) is 104 cm³/mol. The lowest BCUT2D eigenvalue weighted by Crippen LogP contribution is -2.49. The number of aromatic nitrogens is 1. The van der Waals surface area contributed by atoms with E-state index < -0.39 is 48.3 Å². The van der Waals surface area contributed by atoms with E-state index in [-0.39, 0.29) is 18.6 Å². The summed E-state index contributed by atoms with van der Waals surface area (Å²) < 4.78 is 0. The van der Waals surface area contributed by atoms with E-state index in [0.717, 1.165) is 0 Å². The summed E-state index contributed by atoms with van der Waals surface area (Å²) in [5.74, 6) is -4.15. The number of primary amides is 1. The molecule has 160 valence electrons. The van der Waals surface area contributed by atoms with Gasteiger partial charge in [0.2, 0.25) is 17.7 Å². The maximum absolute atomic E-state index is 11.5. The Morgan fingerprint density at radius 2 is 1.86 bits per heavy atom. The molecule has 0 saturated carbocycles. The summed E-state index contributed by atoms with van der Waals surface area (Å²) in [6, 6.07) is 1.14. The number of carboxylic acid groups (broad SMARTS) is 2. The first kappa shape index (κ1) is 25.8. The maximum atomic E-state index is 11.5. The first-order valence-electron chi connectivity index (χ1n) is 8.16. The minimum Gasteiger partial charge on any atom is -0.480 e. The highest BCUT2D eigenvalue weighted by atomic mass is 32.1. The van der Waals surface area contributed by atoms with Gasteiger partial charge in [0.05, 0.1) is 5.56 Å². The average molecular weight is 429 g/mol. The molecule has 0 spiro atoms. The Morgan fingerprint density at radius 1 is 1.21 bits per heavy atom. The molecule has 1 heterocycles. The molecule has 0 aliphatic heterocycles. The van der Waals surface area contributed by atoms with Gasteiger partial charge in [0.15, 0.2) is 0 Å². The standard InChI is InChI=1S/C10H17N3O6S.C6H6N2O/c11-5(10(18)19)1-2-7(14)13-6(4-20)9(17)12-3-8(15)16;7-6(9)5-2-1-3-8-4-5/h5-6,20H,1-4,11H2,(H,12,17)(H,13,14)(H,15,16)(H,18,19);1-4H,(H2,7,9)/t5-,6-;/m0./s1. The molecule has 1 aromatic heterocycles. The highest BCUT2D eigenvalue weighted by Gasteiger charge is 2.20. The number of nitrogens with one attached hydrogen (secondary N) is 2. The number of carboxylic acids is 2. The van der Waals surface area contributed by atoms with Gasteiger partial charge in [0.25, 0.3) is 0 Å². The van der Waals surface area contributed by atoms with Crippen LogP contribution in [0.2, 0.25) is 0 Å². The molecule has 13 heteroatoms. The number of hydrogen-bond donors (Lipinski definition) is 7. The number of rotatable bonds is 10. The third-order valence-electron chi connectivity index (χ3n) is 3.19. The molecule has 0 unspecified atom stereocenters. The molecule has 12 nitrogen and oxygen atoms in total. The Morgan fingerprint density at radius 3 is 2.28 bits per heavy atom. The zero-order chi connectivity index (χ0) is 22.4. The number of nitrogens with zero attached hydrogens (tertiary/aromatic N) is 1. The summed E-state index contributed by atoms with van der Waals surface area (Å²) in [5.41, 5.74) is 10.6. The van der Waals surface area contributed by atoms with E-state index >= 15 is 0 Å². The molecule has 29 heavy (non-hydrogen) atoms. The van der Waals surface area contributed by atoms with Gasteiger partial charge in [-0.1, -0.05) is 0 Å². The van der Waals surface area contributed by atoms with Gasteiger partial charge in [-0.05, 0) is 18.6 Å². The molecule has 3 amide bonds. The molecule has 0 aromatic carbocycles. The van der Waals surface area contributed by atoms with Gasteiger partial charge in [0, 0.05) is 24.6 Å². The van der Waals surface area contributed by atoms with Crippen molar-refractivity contribution in [1.82, 2.24) is 15.6 Å². The van der Waals surface area contributed by atoms with Gasteiger partial charge in [0.1, 0.15) is 18.6 Å². The van der Waals surface area contributed by atoms with E-state index in [0.29, 0.717) is 5.56 Å². The van der Waals surface area contributed by atoms with E-state index in [4.69, 9.17) is 21.7 Å². The molecule has 2 atom stereocenters. The van der Waals surface area contributed by atoms with Crippen LogP contribution in [-0.4, -0.2) is 69.2 Å². The molecule has 0 radical (unpaired) electrons. The molecular formula is C16H23N5O7S. The Labute approximate surface area is 171 Å². The fraction of sp³-hybridized carbons (Fsp3) is 0.375. The summed E-state index contributed by atoms with van der Waals surface area (Å²) in [4.78, 5) is 57.8. The lowest BCUT2D eigenvalue weighted by atomic mass is 10.1. The first-order valence-corrected chi connectivity index (χ1v) is 8.79. The lowest BCUT2D eigenvalue weighted by molar-refractivity contribution is -0.139. The van der Waals surface area contributed by atoms with Crippen molar-refractivity contribution in [3.63, 3.8) is 0 Å². The number of carbonyl (C=O) groups excluding carboxylic acids is 3. The molecule has 1 rings (SSSR count). The van der Waals surface area contributed by atoms with E-state index in [9.17, 15) is 24.0 Å². The minimum absolute atomic E-state index is 0.0256. The fourth-order valence-electron chi connectivity index (χ4n) is 1.67. The second kappa shape index (κ2) is 13.9. The number of pyridine rings is 1. The molecule has 1 aromatic rings. The van der Waals surface area contributed by atoms with E-state index in [2.05, 4.69) is 28.2 Å². The van der Waals surface area contributed by atoms with Crippen molar-refractivity contribution in [3.8, 4) is 0 Å². The number of hydrogen-bond acceptors (Lipinski definition) is 8. The van der Waals surface area contributed by atoms with Crippen molar-refractivity contribution in [2.75, 3.05) is 12.3 Å². The second-order valence-corrected chi connectivity index (χ2v) is 5.87. The monoisotopic (exact) mass is 429 g/mol. The van der Waals surface area contributed by atoms with Gasteiger partial charge in [-0.15, -0.1) is 0 Å². The van der Waals surface area contributed by atoms with E-state index in [1.807, 2.05) is 0 Å². The Bertz CT molecular complexity index is 717. The van der Waals surface area contributed by atoms with Gasteiger partial charge in [-0.2, -0.15) is 12.6 Å².